The molecule has 0 bridgehead atoms. The van der Waals surface area contributed by atoms with E-state index in [1.54, 1.807) is 0 Å². The van der Waals surface area contributed by atoms with Crippen molar-refractivity contribution in [3.05, 3.63) is 10.6 Å². The van der Waals surface area contributed by atoms with E-state index in [0.717, 1.165) is 23.7 Å². The molecule has 1 unspecified atom stereocenters. The molecule has 0 spiro atoms. The largest absolute Gasteiger partial charge is 0.388 e. The first-order valence-corrected chi connectivity index (χ1v) is 5.13. The molecule has 0 fully saturated rings. The Hall–Kier alpha value is 0.180. The number of rotatable bonds is 0. The van der Waals surface area contributed by atoms with E-state index in [2.05, 4.69) is 22.0 Å². The highest BCUT2D eigenvalue weighted by molar-refractivity contribution is 9.11. The molecule has 1 aliphatic rings. The maximum atomic E-state index is 9.49. The topological polar surface area (TPSA) is 20.2 Å². The number of hydrogen-bond acceptors (Lipinski definition) is 1. The maximum absolute atomic E-state index is 9.49. The van der Waals surface area contributed by atoms with E-state index in [1.165, 1.54) is 19.3 Å². The molecule has 1 rings (SSSR count). The van der Waals surface area contributed by atoms with Crippen molar-refractivity contribution in [3.63, 3.8) is 0 Å². The highest BCUT2D eigenvalue weighted by atomic mass is 79.9. The first-order chi connectivity index (χ1) is 5.30. The van der Waals surface area contributed by atoms with Crippen LogP contribution in [0.3, 0.4) is 0 Å². The fraction of sp³-hybridized carbons (Fsp3) is 0.778. The molecular weight excluding hydrogens is 204 g/mol. The summed E-state index contributed by atoms with van der Waals surface area (Å²) in [7, 11) is 0. The van der Waals surface area contributed by atoms with Crippen molar-refractivity contribution in [3.8, 4) is 0 Å². The predicted octanol–water partition coefficient (Wildman–Crippen LogP) is 2.98. The number of halogens is 1. The lowest BCUT2D eigenvalue weighted by atomic mass is 10.1. The quantitative estimate of drug-likeness (QED) is 0.664. The van der Waals surface area contributed by atoms with E-state index >= 15 is 0 Å². The van der Waals surface area contributed by atoms with Gasteiger partial charge in [-0.1, -0.05) is 41.3 Å². The van der Waals surface area contributed by atoms with Crippen molar-refractivity contribution < 1.29 is 5.11 Å². The van der Waals surface area contributed by atoms with E-state index in [1.807, 2.05) is 0 Å². The summed E-state index contributed by atoms with van der Waals surface area (Å²) in [6.45, 7) is 0. The second-order valence-electron chi connectivity index (χ2n) is 3.10. The van der Waals surface area contributed by atoms with Gasteiger partial charge in [-0.05, 0) is 19.3 Å². The second kappa shape index (κ2) is 4.94. The minimum atomic E-state index is -0.243. The molecule has 1 atom stereocenters. The van der Waals surface area contributed by atoms with Gasteiger partial charge >= 0.3 is 0 Å². The molecule has 1 N–H and O–H groups in total. The van der Waals surface area contributed by atoms with Crippen LogP contribution in [-0.4, -0.2) is 11.2 Å². The Balaban J connectivity index is 2.44. The van der Waals surface area contributed by atoms with Crippen LogP contribution in [0.4, 0.5) is 0 Å². The zero-order valence-corrected chi connectivity index (χ0v) is 8.31. The van der Waals surface area contributed by atoms with E-state index in [9.17, 15) is 5.11 Å². The first-order valence-electron chi connectivity index (χ1n) is 4.34. The Kier molecular flexibility index (Phi) is 4.16. The lowest BCUT2D eigenvalue weighted by Gasteiger charge is -2.07. The van der Waals surface area contributed by atoms with E-state index in [0.29, 0.717) is 0 Å². The van der Waals surface area contributed by atoms with E-state index in [4.69, 9.17) is 0 Å². The molecule has 0 amide bonds. The molecule has 0 aliphatic heterocycles. The standard InChI is InChI=1S/C9H15BrO/c10-8-6-4-2-1-3-5-7-9(8)11/h6,9,11H,1-5,7H2/b8-6-. The molecule has 0 saturated heterocycles. The smallest absolute Gasteiger partial charge is 0.0851 e. The van der Waals surface area contributed by atoms with Gasteiger partial charge in [-0.2, -0.15) is 0 Å². The molecule has 0 aromatic rings. The van der Waals surface area contributed by atoms with Crippen LogP contribution >= 0.6 is 15.9 Å². The molecule has 0 saturated carbocycles. The van der Waals surface area contributed by atoms with Crippen LogP contribution in [0.5, 0.6) is 0 Å². The van der Waals surface area contributed by atoms with E-state index < -0.39 is 0 Å². The zero-order valence-electron chi connectivity index (χ0n) is 6.72. The average molecular weight is 219 g/mol. The van der Waals surface area contributed by atoms with Crippen molar-refractivity contribution in [1.82, 2.24) is 0 Å². The molecule has 64 valence electrons. The number of allylic oxidation sites excluding steroid dienone is 1. The number of hydrogen-bond donors (Lipinski definition) is 1. The second-order valence-corrected chi connectivity index (χ2v) is 4.01. The first kappa shape index (κ1) is 9.27. The number of aliphatic hydroxyl groups excluding tert-OH is 1. The molecule has 0 aromatic heterocycles. The van der Waals surface area contributed by atoms with Crippen LogP contribution in [0.1, 0.15) is 38.5 Å². The summed E-state index contributed by atoms with van der Waals surface area (Å²) in [5.41, 5.74) is 0. The fourth-order valence-corrected chi connectivity index (χ4v) is 1.81. The molecule has 2 heteroatoms. The van der Waals surface area contributed by atoms with Gasteiger partial charge in [-0.25, -0.2) is 0 Å². The zero-order chi connectivity index (χ0) is 8.10. The van der Waals surface area contributed by atoms with Crippen LogP contribution < -0.4 is 0 Å². The van der Waals surface area contributed by atoms with Crippen LogP contribution in [0.15, 0.2) is 10.6 Å². The third-order valence-electron chi connectivity index (χ3n) is 2.09. The summed E-state index contributed by atoms with van der Waals surface area (Å²) >= 11 is 3.38. The Morgan fingerprint density at radius 2 is 2.00 bits per heavy atom. The molecule has 0 aromatic carbocycles. The molecule has 1 aliphatic carbocycles. The Bertz CT molecular complexity index is 142. The molecular formula is C9H15BrO. The minimum Gasteiger partial charge on any atom is -0.388 e. The lowest BCUT2D eigenvalue weighted by molar-refractivity contribution is 0.206. The summed E-state index contributed by atoms with van der Waals surface area (Å²) < 4.78 is 0.986. The van der Waals surface area contributed by atoms with Crippen molar-refractivity contribution in [2.75, 3.05) is 0 Å². The van der Waals surface area contributed by atoms with Crippen LogP contribution in [0.2, 0.25) is 0 Å². The summed E-state index contributed by atoms with van der Waals surface area (Å²) in [4.78, 5) is 0. The van der Waals surface area contributed by atoms with Crippen LogP contribution in [-0.2, 0) is 0 Å². The van der Waals surface area contributed by atoms with Gasteiger partial charge in [0.1, 0.15) is 0 Å². The summed E-state index contributed by atoms with van der Waals surface area (Å²) in [5.74, 6) is 0. The van der Waals surface area contributed by atoms with E-state index in [-0.39, 0.29) is 6.10 Å². The minimum absolute atomic E-state index is 0.243. The molecule has 0 radical (unpaired) electrons. The van der Waals surface area contributed by atoms with Gasteiger partial charge in [0.15, 0.2) is 0 Å². The monoisotopic (exact) mass is 218 g/mol. The highest BCUT2D eigenvalue weighted by Crippen LogP contribution is 2.21. The predicted molar refractivity (Wildman–Crippen MR) is 50.7 cm³/mol. The summed E-state index contributed by atoms with van der Waals surface area (Å²) in [6.07, 6.45) is 8.89. The summed E-state index contributed by atoms with van der Waals surface area (Å²) in [6, 6.07) is 0. The lowest BCUT2D eigenvalue weighted by Crippen LogP contribution is -2.05. The van der Waals surface area contributed by atoms with Crippen molar-refractivity contribution in [2.45, 2.75) is 44.6 Å². The van der Waals surface area contributed by atoms with Gasteiger partial charge < -0.3 is 5.11 Å². The number of aliphatic hydroxyl groups is 1. The molecule has 0 heterocycles. The van der Waals surface area contributed by atoms with Gasteiger partial charge in [0, 0.05) is 4.48 Å². The van der Waals surface area contributed by atoms with Crippen LogP contribution in [0, 0.1) is 0 Å². The van der Waals surface area contributed by atoms with Gasteiger partial charge in [-0.15, -0.1) is 0 Å². The van der Waals surface area contributed by atoms with Crippen molar-refractivity contribution in [1.29, 1.82) is 0 Å². The van der Waals surface area contributed by atoms with Gasteiger partial charge in [0.2, 0.25) is 0 Å². The maximum Gasteiger partial charge on any atom is 0.0851 e. The summed E-state index contributed by atoms with van der Waals surface area (Å²) in [5, 5.41) is 9.49. The molecule has 1 nitrogen and oxygen atoms in total. The van der Waals surface area contributed by atoms with Gasteiger partial charge in [-0.3, -0.25) is 0 Å². The Morgan fingerprint density at radius 3 is 2.82 bits per heavy atom. The average Bonchev–Trinajstić information content (AvgIpc) is 2.07. The van der Waals surface area contributed by atoms with Crippen molar-refractivity contribution in [2.24, 2.45) is 0 Å². The highest BCUT2D eigenvalue weighted by Gasteiger charge is 2.08. The van der Waals surface area contributed by atoms with Gasteiger partial charge in [0.05, 0.1) is 6.10 Å². The fourth-order valence-electron chi connectivity index (χ4n) is 1.35. The molecule has 11 heavy (non-hydrogen) atoms. The third kappa shape index (κ3) is 3.39. The third-order valence-corrected chi connectivity index (χ3v) is 2.94. The van der Waals surface area contributed by atoms with Gasteiger partial charge in [0.25, 0.3) is 0 Å². The SMILES string of the molecule is OC1CCCCCC/C=C/1Br. The van der Waals surface area contributed by atoms with Crippen molar-refractivity contribution >= 4 is 15.9 Å². The van der Waals surface area contributed by atoms with Crippen LogP contribution in [0.25, 0.3) is 0 Å². The Morgan fingerprint density at radius 1 is 1.27 bits per heavy atom. The Labute approximate surface area is 76.6 Å². The normalized spacial score (nSPS) is 32.9.